The van der Waals surface area contributed by atoms with Crippen LogP contribution in [0.5, 0.6) is 5.88 Å². The van der Waals surface area contributed by atoms with Crippen molar-refractivity contribution in [3.8, 4) is 16.3 Å². The third kappa shape index (κ3) is 4.56. The van der Waals surface area contributed by atoms with Crippen molar-refractivity contribution in [3.05, 3.63) is 52.9 Å². The highest BCUT2D eigenvalue weighted by Crippen LogP contribution is 2.40. The fourth-order valence-corrected chi connectivity index (χ4v) is 6.33. The lowest BCUT2D eigenvalue weighted by Crippen LogP contribution is -2.44. The van der Waals surface area contributed by atoms with Gasteiger partial charge in [0.2, 0.25) is 5.91 Å². The summed E-state index contributed by atoms with van der Waals surface area (Å²) in [6.45, 7) is 7.92. The number of carbonyl (C=O) groups is 2. The molecule has 2 amide bonds. The molecule has 200 valence electrons. The molecule has 1 aromatic carbocycles. The van der Waals surface area contributed by atoms with Gasteiger partial charge in [-0.05, 0) is 36.0 Å². The molecule has 0 bridgehead atoms. The van der Waals surface area contributed by atoms with E-state index < -0.39 is 23.5 Å². The molecule has 1 N–H and O–H groups in total. The summed E-state index contributed by atoms with van der Waals surface area (Å²) in [6, 6.07) is 9.14. The highest BCUT2D eigenvalue weighted by molar-refractivity contribution is 7.13. The maximum atomic E-state index is 13.8. The number of β-amino-alcohol motifs (C(OH)–C–C–N with tert-alkyl or cyclic N) is 1. The Morgan fingerprint density at radius 3 is 2.63 bits per heavy atom. The summed E-state index contributed by atoms with van der Waals surface area (Å²) in [5.41, 5.74) is 4.52. The van der Waals surface area contributed by atoms with E-state index in [0.717, 1.165) is 21.7 Å². The maximum Gasteiger partial charge on any atom is 0.256 e. The molecule has 2 aliphatic rings. The first-order valence-corrected chi connectivity index (χ1v) is 13.6. The van der Waals surface area contributed by atoms with Crippen molar-refractivity contribution in [2.45, 2.75) is 64.0 Å². The van der Waals surface area contributed by atoms with E-state index in [1.54, 1.807) is 22.3 Å². The van der Waals surface area contributed by atoms with E-state index in [-0.39, 0.29) is 24.3 Å². The van der Waals surface area contributed by atoms with Gasteiger partial charge in [0, 0.05) is 31.2 Å². The highest BCUT2D eigenvalue weighted by Gasteiger charge is 2.48. The van der Waals surface area contributed by atoms with E-state index in [0.29, 0.717) is 30.2 Å². The molecule has 1 fully saturated rings. The van der Waals surface area contributed by atoms with Gasteiger partial charge < -0.3 is 19.3 Å². The first-order valence-electron chi connectivity index (χ1n) is 12.7. The van der Waals surface area contributed by atoms with E-state index in [2.05, 4.69) is 15.1 Å². The molecule has 0 aliphatic carbocycles. The van der Waals surface area contributed by atoms with E-state index in [4.69, 9.17) is 9.26 Å². The molecule has 0 radical (unpaired) electrons. The van der Waals surface area contributed by atoms with Gasteiger partial charge in [-0.3, -0.25) is 9.59 Å². The van der Waals surface area contributed by atoms with Crippen LogP contribution in [-0.4, -0.2) is 63.5 Å². The third-order valence-corrected chi connectivity index (χ3v) is 8.66. The molecule has 4 heterocycles. The number of rotatable bonds is 7. The number of benzene rings is 1. The summed E-state index contributed by atoms with van der Waals surface area (Å²) in [6.07, 6.45) is 0.0174. The molecule has 0 spiro atoms. The second-order valence-corrected chi connectivity index (χ2v) is 11.5. The summed E-state index contributed by atoms with van der Waals surface area (Å²) in [5, 5.41) is 14.4. The van der Waals surface area contributed by atoms with Crippen LogP contribution in [0.3, 0.4) is 0 Å². The molecule has 10 heteroatoms. The van der Waals surface area contributed by atoms with Gasteiger partial charge in [-0.25, -0.2) is 9.98 Å². The predicted octanol–water partition coefficient (Wildman–Crippen LogP) is 4.15. The number of likely N-dealkylation sites (tertiary alicyclic amines) is 1. The predicted molar refractivity (Wildman–Crippen MR) is 143 cm³/mol. The summed E-state index contributed by atoms with van der Waals surface area (Å²) in [4.78, 5) is 38.7. The zero-order chi connectivity index (χ0) is 27.2. The number of thiazole rings is 1. The molecule has 4 atom stereocenters. The SMILES string of the molecule is COc1cc([C@H](C(=O)N2C[C@H](O)C[C@@H]2C2=NC(=O)[C@](C)(c3ccc(-c4scnc4C)cc3)C2)C(C)C)on1. The molecule has 2 aromatic heterocycles. The molecule has 3 aromatic rings. The molecule has 1 saturated heterocycles. The minimum atomic E-state index is -0.839. The van der Waals surface area contributed by atoms with Crippen LogP contribution >= 0.6 is 11.3 Å². The Balaban J connectivity index is 1.39. The van der Waals surface area contributed by atoms with Gasteiger partial charge in [0.25, 0.3) is 11.8 Å². The lowest BCUT2D eigenvalue weighted by molar-refractivity contribution is -0.134. The lowest BCUT2D eigenvalue weighted by Gasteiger charge is -2.30. The smallest absolute Gasteiger partial charge is 0.256 e. The average Bonchev–Trinajstić information content (AvgIpc) is 3.67. The van der Waals surface area contributed by atoms with Gasteiger partial charge in [-0.1, -0.05) is 38.1 Å². The molecule has 38 heavy (non-hydrogen) atoms. The largest absolute Gasteiger partial charge is 0.479 e. The Labute approximate surface area is 225 Å². The number of aryl methyl sites for hydroxylation is 1. The number of hydrogen-bond acceptors (Lipinski definition) is 8. The zero-order valence-corrected chi connectivity index (χ0v) is 23.0. The number of aliphatic hydroxyl groups is 1. The number of nitrogens with zero attached hydrogens (tertiary/aromatic N) is 4. The van der Waals surface area contributed by atoms with Crippen LogP contribution in [0.1, 0.15) is 56.5 Å². The number of aliphatic hydroxyl groups excluding tert-OH is 1. The first-order chi connectivity index (χ1) is 18.1. The van der Waals surface area contributed by atoms with E-state index in [1.807, 2.05) is 57.5 Å². The fraction of sp³-hybridized carbons (Fsp3) is 0.464. The molecule has 2 aliphatic heterocycles. The van der Waals surface area contributed by atoms with Crippen LogP contribution < -0.4 is 4.74 Å². The Morgan fingerprint density at radius 1 is 1.29 bits per heavy atom. The minimum absolute atomic E-state index is 0.0864. The molecule has 0 saturated carbocycles. The molecular formula is C28H32N4O5S. The number of methoxy groups -OCH3 is 1. The number of hydrogen-bond donors (Lipinski definition) is 1. The maximum absolute atomic E-state index is 13.8. The summed E-state index contributed by atoms with van der Waals surface area (Å²) in [7, 11) is 1.49. The van der Waals surface area contributed by atoms with Crippen LogP contribution in [0.25, 0.3) is 10.4 Å². The Morgan fingerprint density at radius 2 is 2.03 bits per heavy atom. The van der Waals surface area contributed by atoms with Crippen LogP contribution in [0, 0.1) is 12.8 Å². The second-order valence-electron chi connectivity index (χ2n) is 10.7. The molecular weight excluding hydrogens is 504 g/mol. The van der Waals surface area contributed by atoms with Crippen LogP contribution in [0.2, 0.25) is 0 Å². The molecule has 5 rings (SSSR count). The van der Waals surface area contributed by atoms with E-state index >= 15 is 0 Å². The van der Waals surface area contributed by atoms with Gasteiger partial charge in [0.15, 0.2) is 5.76 Å². The quantitative estimate of drug-likeness (QED) is 0.482. The van der Waals surface area contributed by atoms with Crippen molar-refractivity contribution in [2.24, 2.45) is 10.9 Å². The second kappa shape index (κ2) is 10.1. The Bertz CT molecular complexity index is 1380. The van der Waals surface area contributed by atoms with Gasteiger partial charge >= 0.3 is 0 Å². The lowest BCUT2D eigenvalue weighted by atomic mass is 9.78. The Kier molecular flexibility index (Phi) is 6.96. The summed E-state index contributed by atoms with van der Waals surface area (Å²) in [5.74, 6) is -0.401. The zero-order valence-electron chi connectivity index (χ0n) is 22.2. The highest BCUT2D eigenvalue weighted by atomic mass is 32.1. The van der Waals surface area contributed by atoms with Crippen molar-refractivity contribution >= 4 is 28.9 Å². The number of aliphatic imine (C=N–C) groups is 1. The normalized spacial score (nSPS) is 24.2. The number of ether oxygens (including phenoxy) is 1. The van der Waals surface area contributed by atoms with Crippen LogP contribution in [0.4, 0.5) is 0 Å². The van der Waals surface area contributed by atoms with Gasteiger partial charge in [-0.2, -0.15) is 0 Å². The van der Waals surface area contributed by atoms with Gasteiger partial charge in [0.1, 0.15) is 5.92 Å². The summed E-state index contributed by atoms with van der Waals surface area (Å²) >= 11 is 1.59. The number of aromatic nitrogens is 2. The third-order valence-electron chi connectivity index (χ3n) is 7.68. The van der Waals surface area contributed by atoms with Crippen molar-refractivity contribution in [1.82, 2.24) is 15.0 Å². The topological polar surface area (TPSA) is 118 Å². The van der Waals surface area contributed by atoms with Crippen molar-refractivity contribution in [2.75, 3.05) is 13.7 Å². The first kappa shape index (κ1) is 26.2. The van der Waals surface area contributed by atoms with Crippen LogP contribution in [0.15, 0.2) is 45.4 Å². The molecule has 0 unspecified atom stereocenters. The van der Waals surface area contributed by atoms with Gasteiger partial charge in [-0.15, -0.1) is 11.3 Å². The van der Waals surface area contributed by atoms with E-state index in [1.165, 1.54) is 7.11 Å². The van der Waals surface area contributed by atoms with Crippen LogP contribution in [-0.2, 0) is 15.0 Å². The van der Waals surface area contributed by atoms with Gasteiger partial charge in [0.05, 0.1) is 40.8 Å². The number of amides is 2. The standard InChI is InChI=1S/C28H32N4O5S/c1-15(2)24(22-11-23(36-5)31-37-22)26(34)32-13-19(33)10-21(32)20-12-28(4,27(35)30-20)18-8-6-17(7-9-18)25-16(3)29-14-38-25/h6-9,11,14-15,19,21,24,33H,10,12-13H2,1-5H3/t19-,21-,24-,28+/m1/s1. The number of carbonyl (C=O) groups excluding carboxylic acids is 2. The minimum Gasteiger partial charge on any atom is -0.479 e. The molecule has 9 nitrogen and oxygen atoms in total. The average molecular weight is 537 g/mol. The van der Waals surface area contributed by atoms with E-state index in [9.17, 15) is 14.7 Å². The van der Waals surface area contributed by atoms with Crippen molar-refractivity contribution < 1.29 is 24.0 Å². The van der Waals surface area contributed by atoms with Crippen molar-refractivity contribution in [1.29, 1.82) is 0 Å². The Hall–Kier alpha value is -3.37. The fourth-order valence-electron chi connectivity index (χ4n) is 5.52. The summed E-state index contributed by atoms with van der Waals surface area (Å²) < 4.78 is 10.6. The monoisotopic (exact) mass is 536 g/mol. The van der Waals surface area contributed by atoms with Crippen molar-refractivity contribution in [3.63, 3.8) is 0 Å².